The molecule has 2 atom stereocenters. The molecule has 0 unspecified atom stereocenters. The van der Waals surface area contributed by atoms with Crippen LogP contribution in [0.15, 0.2) is 23.2 Å². The van der Waals surface area contributed by atoms with Crippen molar-refractivity contribution in [2.24, 2.45) is 5.41 Å². The zero-order chi connectivity index (χ0) is 24.3. The molecule has 0 spiro atoms. The molecule has 3 heterocycles. The van der Waals surface area contributed by atoms with Crippen LogP contribution in [0.25, 0.3) is 5.57 Å². The maximum atomic E-state index is 12.9. The number of nitrogens with zero attached hydrogens (tertiary/aromatic N) is 2. The Kier molecular flexibility index (Phi) is 7.48. The second-order valence-electron chi connectivity index (χ2n) is 8.30. The number of anilines is 1. The first kappa shape index (κ1) is 24.8. The fraction of sp³-hybridized carbons (Fsp3) is 0.476. The monoisotopic (exact) mass is 494 g/mol. The van der Waals surface area contributed by atoms with Crippen LogP contribution in [0.5, 0.6) is 0 Å². The van der Waals surface area contributed by atoms with Crippen molar-refractivity contribution in [3.8, 4) is 0 Å². The highest BCUT2D eigenvalue weighted by atomic mass is 32.2. The van der Waals surface area contributed by atoms with E-state index in [-0.39, 0.29) is 5.70 Å². The Morgan fingerprint density at radius 1 is 1.33 bits per heavy atom. The molecule has 1 aromatic rings. The molecule has 2 amide bonds. The number of fused-ring (bicyclic) bond motifs is 1. The summed E-state index contributed by atoms with van der Waals surface area (Å²) in [6, 6.07) is -0.797. The number of carbonyl (C=O) groups excluding carboxylic acids is 4. The van der Waals surface area contributed by atoms with Gasteiger partial charge in [0.2, 0.25) is 6.79 Å². The summed E-state index contributed by atoms with van der Waals surface area (Å²) in [6.45, 7) is 6.38. The average Bonchev–Trinajstić information content (AvgIpc) is 3.19. The molecule has 1 saturated heterocycles. The number of nitrogens with one attached hydrogen (secondary N) is 1. The van der Waals surface area contributed by atoms with Crippen molar-refractivity contribution < 1.29 is 28.7 Å². The van der Waals surface area contributed by atoms with Crippen LogP contribution >= 0.6 is 23.1 Å². The van der Waals surface area contributed by atoms with Gasteiger partial charge in [0.05, 0.1) is 16.7 Å². The van der Waals surface area contributed by atoms with Gasteiger partial charge in [-0.1, -0.05) is 13.0 Å². The molecule has 33 heavy (non-hydrogen) atoms. The van der Waals surface area contributed by atoms with Crippen molar-refractivity contribution >= 4 is 57.6 Å². The topological polar surface area (TPSA) is 141 Å². The van der Waals surface area contributed by atoms with E-state index in [9.17, 15) is 19.2 Å². The second-order valence-corrected chi connectivity index (χ2v) is 10.3. The molecule has 0 radical (unpaired) electrons. The van der Waals surface area contributed by atoms with E-state index in [1.54, 1.807) is 38.3 Å². The number of allylic oxidation sites excluding steroid dienone is 1. The number of thiazole rings is 1. The van der Waals surface area contributed by atoms with Crippen LogP contribution in [0.2, 0.25) is 0 Å². The van der Waals surface area contributed by atoms with Crippen LogP contribution in [0.1, 0.15) is 39.8 Å². The molecule has 0 aromatic carbocycles. The van der Waals surface area contributed by atoms with E-state index in [4.69, 9.17) is 15.2 Å². The first-order valence-electron chi connectivity index (χ1n) is 10.3. The van der Waals surface area contributed by atoms with E-state index in [1.165, 1.54) is 28.0 Å². The third-order valence-corrected chi connectivity index (χ3v) is 6.64. The van der Waals surface area contributed by atoms with Gasteiger partial charge in [0.25, 0.3) is 11.8 Å². The summed E-state index contributed by atoms with van der Waals surface area (Å²) in [5.74, 6) is -1.70. The van der Waals surface area contributed by atoms with Crippen molar-refractivity contribution in [2.45, 2.75) is 45.5 Å². The Labute approximate surface area is 199 Å². The number of rotatable bonds is 7. The van der Waals surface area contributed by atoms with Crippen LogP contribution < -0.4 is 11.1 Å². The Hall–Kier alpha value is -2.86. The summed E-state index contributed by atoms with van der Waals surface area (Å²) in [5.41, 5.74) is 5.81. The number of hydrogen-bond donors (Lipinski definition) is 2. The van der Waals surface area contributed by atoms with Crippen molar-refractivity contribution in [1.82, 2.24) is 15.2 Å². The molecule has 1 fully saturated rings. The van der Waals surface area contributed by atoms with Gasteiger partial charge < -0.3 is 20.5 Å². The van der Waals surface area contributed by atoms with Crippen LogP contribution in [-0.2, 0) is 28.7 Å². The quantitative estimate of drug-likeness (QED) is 0.251. The fourth-order valence-electron chi connectivity index (χ4n) is 3.10. The SMILES string of the molecule is CCC=C(C(=O)N[C@@H]1C(=O)N2C(C(=O)OCOC(=O)C(C)(C)C)=CCS[C@@H]12)c1csc(N)n1. The van der Waals surface area contributed by atoms with Gasteiger partial charge in [0, 0.05) is 11.1 Å². The van der Waals surface area contributed by atoms with Crippen LogP contribution in [-0.4, -0.2) is 57.6 Å². The van der Waals surface area contributed by atoms with Gasteiger partial charge in [-0.3, -0.25) is 19.3 Å². The lowest BCUT2D eigenvalue weighted by Crippen LogP contribution is -2.70. The second kappa shape index (κ2) is 9.96. The number of thioether (sulfide) groups is 1. The van der Waals surface area contributed by atoms with Gasteiger partial charge >= 0.3 is 11.9 Å². The predicted octanol–water partition coefficient (Wildman–Crippen LogP) is 1.89. The Balaban J connectivity index is 1.61. The van der Waals surface area contributed by atoms with Crippen LogP contribution in [0, 0.1) is 5.41 Å². The van der Waals surface area contributed by atoms with Gasteiger partial charge in [-0.15, -0.1) is 23.1 Å². The predicted molar refractivity (Wildman–Crippen MR) is 124 cm³/mol. The third kappa shape index (κ3) is 5.38. The van der Waals surface area contributed by atoms with Crippen molar-refractivity contribution in [3.63, 3.8) is 0 Å². The number of β-lactam (4-membered cyclic amide) rings is 1. The molecule has 1 aromatic heterocycles. The van der Waals surface area contributed by atoms with Crippen molar-refractivity contribution in [3.05, 3.63) is 28.9 Å². The first-order valence-corrected chi connectivity index (χ1v) is 12.2. The maximum Gasteiger partial charge on any atom is 0.357 e. The number of nitrogens with two attached hydrogens (primary N) is 1. The molecule has 2 aliphatic rings. The summed E-state index contributed by atoms with van der Waals surface area (Å²) in [4.78, 5) is 55.4. The van der Waals surface area contributed by atoms with E-state index in [0.29, 0.717) is 28.6 Å². The molecule has 12 heteroatoms. The highest BCUT2D eigenvalue weighted by Crippen LogP contribution is 2.38. The minimum Gasteiger partial charge on any atom is -0.427 e. The highest BCUT2D eigenvalue weighted by Gasteiger charge is 2.53. The average molecular weight is 495 g/mol. The lowest BCUT2D eigenvalue weighted by atomic mass is 9.98. The molecule has 3 rings (SSSR count). The minimum absolute atomic E-state index is 0.0673. The van der Waals surface area contributed by atoms with E-state index in [2.05, 4.69) is 10.3 Å². The van der Waals surface area contributed by atoms with Gasteiger partial charge in [-0.2, -0.15) is 0 Å². The zero-order valence-corrected chi connectivity index (χ0v) is 20.4. The summed E-state index contributed by atoms with van der Waals surface area (Å²) in [6.07, 6.45) is 3.90. The number of nitrogen functional groups attached to an aromatic ring is 1. The fourth-order valence-corrected chi connectivity index (χ4v) is 4.86. The first-order chi connectivity index (χ1) is 15.5. The number of hydrogen-bond acceptors (Lipinski definition) is 10. The van der Waals surface area contributed by atoms with Gasteiger partial charge in [-0.05, 0) is 33.3 Å². The summed E-state index contributed by atoms with van der Waals surface area (Å²) in [7, 11) is 0. The number of carbonyl (C=O) groups is 4. The highest BCUT2D eigenvalue weighted by molar-refractivity contribution is 8.00. The lowest BCUT2D eigenvalue weighted by Gasteiger charge is -2.48. The molecule has 2 aliphatic heterocycles. The Morgan fingerprint density at radius 2 is 2.06 bits per heavy atom. The lowest BCUT2D eigenvalue weighted by molar-refractivity contribution is -0.173. The smallest absolute Gasteiger partial charge is 0.357 e. The molecule has 0 bridgehead atoms. The van der Waals surface area contributed by atoms with Gasteiger partial charge in [0.1, 0.15) is 17.1 Å². The molecular formula is C21H26N4O6S2. The summed E-state index contributed by atoms with van der Waals surface area (Å²) >= 11 is 2.64. The van der Waals surface area contributed by atoms with Gasteiger partial charge in [0.15, 0.2) is 5.13 Å². The van der Waals surface area contributed by atoms with E-state index >= 15 is 0 Å². The standard InChI is InChI=1S/C21H26N4O6S2/c1-5-6-11(12-9-33-20(22)23-12)15(26)24-14-16(27)25-13(7-8-32-17(14)25)18(28)30-10-31-19(29)21(2,3)4/h6-7,9,14,17H,5,8,10H2,1-4H3,(H2,22,23)(H,24,26)/t14-,17+/m1/s1. The van der Waals surface area contributed by atoms with Crippen LogP contribution in [0.4, 0.5) is 5.13 Å². The van der Waals surface area contributed by atoms with Gasteiger partial charge in [-0.25, -0.2) is 9.78 Å². The summed E-state index contributed by atoms with van der Waals surface area (Å²) in [5, 5.41) is 4.33. The normalized spacial score (nSPS) is 20.4. The zero-order valence-electron chi connectivity index (χ0n) is 18.7. The minimum atomic E-state index is -0.797. The molecule has 178 valence electrons. The van der Waals surface area contributed by atoms with Crippen molar-refractivity contribution in [2.75, 3.05) is 18.3 Å². The third-order valence-electron chi connectivity index (χ3n) is 4.79. The van der Waals surface area contributed by atoms with E-state index < -0.39 is 47.4 Å². The van der Waals surface area contributed by atoms with Crippen molar-refractivity contribution in [1.29, 1.82) is 0 Å². The summed E-state index contributed by atoms with van der Waals surface area (Å²) < 4.78 is 9.97. The molecule has 3 N–H and O–H groups in total. The number of esters is 2. The molecular weight excluding hydrogens is 468 g/mol. The van der Waals surface area contributed by atoms with E-state index in [0.717, 1.165) is 0 Å². The molecule has 10 nitrogen and oxygen atoms in total. The van der Waals surface area contributed by atoms with E-state index in [1.807, 2.05) is 6.92 Å². The number of amides is 2. The Bertz CT molecular complexity index is 1030. The molecule has 0 aliphatic carbocycles. The number of ether oxygens (including phenoxy) is 2. The molecule has 0 saturated carbocycles. The van der Waals surface area contributed by atoms with Crippen LogP contribution in [0.3, 0.4) is 0 Å². The Morgan fingerprint density at radius 3 is 2.67 bits per heavy atom. The largest absolute Gasteiger partial charge is 0.427 e. The number of aromatic nitrogens is 1. The maximum absolute atomic E-state index is 12.9.